The molecule has 1 aromatic carbocycles. The molecule has 0 spiro atoms. The summed E-state index contributed by atoms with van der Waals surface area (Å²) in [4.78, 5) is 4.72. The van der Waals surface area contributed by atoms with Crippen molar-refractivity contribution in [2.24, 2.45) is 12.0 Å². The number of guanidine groups is 1. The summed E-state index contributed by atoms with van der Waals surface area (Å²) in [7, 11) is 3.66. The van der Waals surface area contributed by atoms with Crippen LogP contribution < -0.4 is 15.4 Å². The number of nitrogens with zero attached hydrogens (tertiary/aromatic N) is 4. The Morgan fingerprint density at radius 3 is 2.93 bits per heavy atom. The van der Waals surface area contributed by atoms with Gasteiger partial charge in [-0.25, -0.2) is 4.99 Å². The average molecular weight is 500 g/mol. The molecule has 0 radical (unpaired) electrons. The minimum Gasteiger partial charge on any atom is -0.493 e. The molecule has 9 heteroatoms. The van der Waals surface area contributed by atoms with Crippen molar-refractivity contribution in [2.75, 3.05) is 26.9 Å². The number of benzene rings is 1. The van der Waals surface area contributed by atoms with Crippen LogP contribution in [-0.2, 0) is 18.3 Å². The number of aryl methyl sites for hydroxylation is 1. The van der Waals surface area contributed by atoms with Crippen LogP contribution in [0.5, 0.6) is 5.75 Å². The standard InChI is InChI=1S/C19H28N6O2.HI/c1-14-23-24-18(25(14)2)13-21-19(20-10-6-11-26-3)22-16-9-12-27-17-8-5-4-7-15(16)17;/h4-5,7-8,16H,6,9-13H2,1-3H3,(H2,20,21,22);1H. The Balaban J connectivity index is 0.00000280. The van der Waals surface area contributed by atoms with E-state index in [9.17, 15) is 0 Å². The molecule has 1 aliphatic heterocycles. The van der Waals surface area contributed by atoms with E-state index in [1.807, 2.05) is 36.7 Å². The molecule has 0 bridgehead atoms. The summed E-state index contributed by atoms with van der Waals surface area (Å²) in [6.07, 6.45) is 1.80. The number of ether oxygens (including phenoxy) is 2. The molecule has 2 heterocycles. The first kappa shape index (κ1) is 22.4. The van der Waals surface area contributed by atoms with Gasteiger partial charge in [0, 0.05) is 39.3 Å². The van der Waals surface area contributed by atoms with Crippen LogP contribution >= 0.6 is 24.0 Å². The van der Waals surface area contributed by atoms with Crippen molar-refractivity contribution >= 4 is 29.9 Å². The van der Waals surface area contributed by atoms with Gasteiger partial charge in [-0.15, -0.1) is 34.2 Å². The minimum atomic E-state index is 0. The first-order valence-corrected chi connectivity index (χ1v) is 9.29. The second-order valence-corrected chi connectivity index (χ2v) is 6.53. The smallest absolute Gasteiger partial charge is 0.192 e. The van der Waals surface area contributed by atoms with Crippen LogP contribution in [0.1, 0.15) is 36.1 Å². The van der Waals surface area contributed by atoms with Gasteiger partial charge < -0.3 is 24.7 Å². The predicted molar refractivity (Wildman–Crippen MR) is 119 cm³/mol. The van der Waals surface area contributed by atoms with Gasteiger partial charge in [0.1, 0.15) is 18.1 Å². The van der Waals surface area contributed by atoms with Crippen LogP contribution in [0.15, 0.2) is 29.3 Å². The second-order valence-electron chi connectivity index (χ2n) is 6.53. The third-order valence-corrected chi connectivity index (χ3v) is 4.65. The van der Waals surface area contributed by atoms with Gasteiger partial charge in [0.15, 0.2) is 11.8 Å². The molecular formula is C19H29IN6O2. The first-order chi connectivity index (χ1) is 13.2. The largest absolute Gasteiger partial charge is 0.493 e. The highest BCUT2D eigenvalue weighted by atomic mass is 127. The number of hydrogen-bond acceptors (Lipinski definition) is 5. The zero-order valence-electron chi connectivity index (χ0n) is 16.6. The normalized spacial score (nSPS) is 16.0. The molecule has 0 amide bonds. The Morgan fingerprint density at radius 1 is 1.36 bits per heavy atom. The topological polar surface area (TPSA) is 85.6 Å². The number of hydrogen-bond donors (Lipinski definition) is 2. The maximum atomic E-state index is 5.76. The van der Waals surface area contributed by atoms with E-state index < -0.39 is 0 Å². The Bertz CT molecular complexity index is 780. The lowest BCUT2D eigenvalue weighted by Crippen LogP contribution is -2.41. The van der Waals surface area contributed by atoms with Crippen molar-refractivity contribution in [1.82, 2.24) is 25.4 Å². The summed E-state index contributed by atoms with van der Waals surface area (Å²) in [5.41, 5.74) is 1.16. The van der Waals surface area contributed by atoms with Crippen LogP contribution in [0.2, 0.25) is 0 Å². The van der Waals surface area contributed by atoms with E-state index in [2.05, 4.69) is 26.9 Å². The molecule has 2 aromatic rings. The molecule has 0 saturated heterocycles. The van der Waals surface area contributed by atoms with E-state index in [1.165, 1.54) is 0 Å². The van der Waals surface area contributed by atoms with Crippen molar-refractivity contribution in [1.29, 1.82) is 0 Å². The number of rotatable bonds is 7. The molecule has 0 aliphatic carbocycles. The summed E-state index contributed by atoms with van der Waals surface area (Å²) in [6, 6.07) is 8.29. The Morgan fingerprint density at radius 2 is 2.18 bits per heavy atom. The highest BCUT2D eigenvalue weighted by Gasteiger charge is 2.22. The van der Waals surface area contributed by atoms with E-state index in [0.717, 1.165) is 48.3 Å². The van der Waals surface area contributed by atoms with Crippen LogP contribution in [0, 0.1) is 6.92 Å². The predicted octanol–water partition coefficient (Wildman–Crippen LogP) is 2.34. The Hall–Kier alpha value is -1.88. The van der Waals surface area contributed by atoms with E-state index in [1.54, 1.807) is 7.11 Å². The van der Waals surface area contributed by atoms with E-state index in [4.69, 9.17) is 14.5 Å². The van der Waals surface area contributed by atoms with Crippen LogP contribution in [0.4, 0.5) is 0 Å². The Kier molecular flexibility index (Phi) is 8.97. The summed E-state index contributed by atoms with van der Waals surface area (Å²) < 4.78 is 12.8. The van der Waals surface area contributed by atoms with E-state index in [0.29, 0.717) is 19.8 Å². The molecule has 1 aromatic heterocycles. The van der Waals surface area contributed by atoms with Crippen molar-refractivity contribution in [3.63, 3.8) is 0 Å². The van der Waals surface area contributed by atoms with E-state index in [-0.39, 0.29) is 30.0 Å². The van der Waals surface area contributed by atoms with Crippen molar-refractivity contribution < 1.29 is 9.47 Å². The van der Waals surface area contributed by atoms with Gasteiger partial charge in [-0.05, 0) is 19.4 Å². The zero-order valence-corrected chi connectivity index (χ0v) is 19.0. The van der Waals surface area contributed by atoms with Crippen molar-refractivity contribution in [2.45, 2.75) is 32.4 Å². The molecule has 2 N–H and O–H groups in total. The highest BCUT2D eigenvalue weighted by Crippen LogP contribution is 2.31. The van der Waals surface area contributed by atoms with Gasteiger partial charge in [0.05, 0.1) is 12.6 Å². The van der Waals surface area contributed by atoms with E-state index >= 15 is 0 Å². The van der Waals surface area contributed by atoms with Gasteiger partial charge in [-0.1, -0.05) is 18.2 Å². The monoisotopic (exact) mass is 500 g/mol. The lowest BCUT2D eigenvalue weighted by molar-refractivity contribution is 0.195. The van der Waals surface area contributed by atoms with Crippen molar-refractivity contribution in [3.8, 4) is 5.75 Å². The van der Waals surface area contributed by atoms with Crippen LogP contribution in [0.3, 0.4) is 0 Å². The minimum absolute atomic E-state index is 0. The number of nitrogens with one attached hydrogen (secondary N) is 2. The van der Waals surface area contributed by atoms with Crippen LogP contribution in [0.25, 0.3) is 0 Å². The van der Waals surface area contributed by atoms with Gasteiger partial charge in [0.2, 0.25) is 0 Å². The SMILES string of the molecule is COCCCNC(=NCc1nnc(C)n1C)NC1CCOc2ccccc21.I. The van der Waals surface area contributed by atoms with Gasteiger partial charge in [-0.2, -0.15) is 0 Å². The Labute approximate surface area is 183 Å². The summed E-state index contributed by atoms with van der Waals surface area (Å²) in [5, 5.41) is 15.2. The summed E-state index contributed by atoms with van der Waals surface area (Å²) >= 11 is 0. The third-order valence-electron chi connectivity index (χ3n) is 4.65. The quantitative estimate of drug-likeness (QED) is 0.263. The fraction of sp³-hybridized carbons (Fsp3) is 0.526. The first-order valence-electron chi connectivity index (χ1n) is 9.29. The maximum absolute atomic E-state index is 5.76. The summed E-state index contributed by atoms with van der Waals surface area (Å²) in [6.45, 7) is 4.57. The third kappa shape index (κ3) is 5.81. The number of halogens is 1. The average Bonchev–Trinajstić information content (AvgIpc) is 3.01. The van der Waals surface area contributed by atoms with Gasteiger partial charge in [0.25, 0.3) is 0 Å². The molecule has 0 saturated carbocycles. The lowest BCUT2D eigenvalue weighted by atomic mass is 10.0. The molecule has 154 valence electrons. The molecule has 1 unspecified atom stereocenters. The highest BCUT2D eigenvalue weighted by molar-refractivity contribution is 14.0. The molecule has 1 aliphatic rings. The number of aliphatic imine (C=N–C) groups is 1. The number of aromatic nitrogens is 3. The molecule has 8 nitrogen and oxygen atoms in total. The molecule has 3 rings (SSSR count). The molecule has 1 atom stereocenters. The maximum Gasteiger partial charge on any atom is 0.192 e. The second kappa shape index (κ2) is 11.2. The number of fused-ring (bicyclic) bond motifs is 1. The number of methoxy groups -OCH3 is 1. The fourth-order valence-electron chi connectivity index (χ4n) is 2.97. The van der Waals surface area contributed by atoms with Crippen LogP contribution in [-0.4, -0.2) is 47.6 Å². The number of para-hydroxylation sites is 1. The molecular weight excluding hydrogens is 471 g/mol. The van der Waals surface area contributed by atoms with Gasteiger partial charge >= 0.3 is 0 Å². The molecule has 0 fully saturated rings. The van der Waals surface area contributed by atoms with Gasteiger partial charge in [-0.3, -0.25) is 0 Å². The molecule has 28 heavy (non-hydrogen) atoms. The zero-order chi connectivity index (χ0) is 19.1. The fourth-order valence-corrected chi connectivity index (χ4v) is 2.97. The van der Waals surface area contributed by atoms with Crippen molar-refractivity contribution in [3.05, 3.63) is 41.5 Å². The lowest BCUT2D eigenvalue weighted by Gasteiger charge is -2.28. The summed E-state index contributed by atoms with van der Waals surface area (Å²) in [5.74, 6) is 3.40.